The molecule has 0 bridgehead atoms. The van der Waals surface area contributed by atoms with Crippen molar-refractivity contribution >= 4 is 23.2 Å². The highest BCUT2D eigenvalue weighted by Gasteiger charge is 2.23. The molecule has 0 atom stereocenters. The number of halogens is 1. The Morgan fingerprint density at radius 1 is 1.29 bits per heavy atom. The Bertz CT molecular complexity index is 484. The van der Waals surface area contributed by atoms with E-state index in [-0.39, 0.29) is 5.91 Å². The van der Waals surface area contributed by atoms with Crippen LogP contribution in [0.25, 0.3) is 0 Å². The van der Waals surface area contributed by atoms with Crippen LogP contribution in [0.5, 0.6) is 5.75 Å². The van der Waals surface area contributed by atoms with Crippen LogP contribution >= 0.6 is 11.6 Å². The highest BCUT2D eigenvalue weighted by atomic mass is 35.5. The number of nitrogens with one attached hydrogen (secondary N) is 1. The van der Waals surface area contributed by atoms with Gasteiger partial charge in [-0.15, -0.1) is 0 Å². The number of methoxy groups -OCH3 is 2. The molecule has 1 aliphatic rings. The van der Waals surface area contributed by atoms with Crippen molar-refractivity contribution in [2.75, 3.05) is 19.5 Å². The number of hydrogen-bond acceptors (Lipinski definition) is 3. The summed E-state index contributed by atoms with van der Waals surface area (Å²) >= 11 is 5.96. The van der Waals surface area contributed by atoms with E-state index in [0.717, 1.165) is 25.7 Å². The zero-order chi connectivity index (χ0) is 15.2. The van der Waals surface area contributed by atoms with Gasteiger partial charge in [0.1, 0.15) is 5.75 Å². The summed E-state index contributed by atoms with van der Waals surface area (Å²) in [6.45, 7) is 0. The van der Waals surface area contributed by atoms with Crippen LogP contribution in [0.1, 0.15) is 32.1 Å². The average Bonchev–Trinajstić information content (AvgIpc) is 2.48. The van der Waals surface area contributed by atoms with Gasteiger partial charge in [0.15, 0.2) is 0 Å². The monoisotopic (exact) mass is 311 g/mol. The van der Waals surface area contributed by atoms with E-state index < -0.39 is 0 Å². The summed E-state index contributed by atoms with van der Waals surface area (Å²) < 4.78 is 10.6. The third-order valence-corrected chi connectivity index (χ3v) is 4.27. The minimum Gasteiger partial charge on any atom is -0.495 e. The topological polar surface area (TPSA) is 47.6 Å². The average molecular weight is 312 g/mol. The number of benzene rings is 1. The van der Waals surface area contributed by atoms with Crippen LogP contribution in [0.4, 0.5) is 5.69 Å². The molecule has 2 rings (SSSR count). The number of carbonyl (C=O) groups is 1. The molecule has 0 aliphatic heterocycles. The smallest absolute Gasteiger partial charge is 0.224 e. The highest BCUT2D eigenvalue weighted by Crippen LogP contribution is 2.30. The van der Waals surface area contributed by atoms with Gasteiger partial charge in [0, 0.05) is 18.6 Å². The Balaban J connectivity index is 1.89. The van der Waals surface area contributed by atoms with E-state index >= 15 is 0 Å². The highest BCUT2D eigenvalue weighted by molar-refractivity contribution is 6.31. The van der Waals surface area contributed by atoms with E-state index in [1.807, 2.05) is 0 Å². The fourth-order valence-corrected chi connectivity index (χ4v) is 2.99. The van der Waals surface area contributed by atoms with Crippen molar-refractivity contribution in [2.45, 2.75) is 38.2 Å². The Kier molecular flexibility index (Phi) is 5.88. The third kappa shape index (κ3) is 4.61. The van der Waals surface area contributed by atoms with Gasteiger partial charge in [-0.1, -0.05) is 11.6 Å². The molecule has 1 aromatic carbocycles. The van der Waals surface area contributed by atoms with Crippen LogP contribution in [-0.2, 0) is 9.53 Å². The van der Waals surface area contributed by atoms with Crippen LogP contribution in [-0.4, -0.2) is 26.2 Å². The second kappa shape index (κ2) is 7.66. The van der Waals surface area contributed by atoms with Crippen LogP contribution in [0.2, 0.25) is 5.02 Å². The van der Waals surface area contributed by atoms with Crippen LogP contribution < -0.4 is 10.1 Å². The van der Waals surface area contributed by atoms with Gasteiger partial charge in [0.2, 0.25) is 5.91 Å². The maximum atomic E-state index is 12.2. The maximum Gasteiger partial charge on any atom is 0.224 e. The van der Waals surface area contributed by atoms with Gasteiger partial charge in [-0.2, -0.15) is 0 Å². The fourth-order valence-electron chi connectivity index (χ4n) is 2.81. The molecule has 21 heavy (non-hydrogen) atoms. The van der Waals surface area contributed by atoms with E-state index in [2.05, 4.69) is 5.32 Å². The molecule has 0 heterocycles. The van der Waals surface area contributed by atoms with Crippen molar-refractivity contribution in [1.82, 2.24) is 0 Å². The lowest BCUT2D eigenvalue weighted by Gasteiger charge is -2.27. The minimum atomic E-state index is 0.0106. The molecule has 1 aromatic rings. The summed E-state index contributed by atoms with van der Waals surface area (Å²) in [5, 5.41) is 3.47. The summed E-state index contributed by atoms with van der Waals surface area (Å²) in [6.07, 6.45) is 5.05. The molecular formula is C16H22ClNO3. The van der Waals surface area contributed by atoms with Crippen LogP contribution in [0.3, 0.4) is 0 Å². The number of amides is 1. The van der Waals surface area contributed by atoms with Gasteiger partial charge in [-0.25, -0.2) is 0 Å². The van der Waals surface area contributed by atoms with E-state index in [1.165, 1.54) is 0 Å². The van der Waals surface area contributed by atoms with Crippen LogP contribution in [0, 0.1) is 5.92 Å². The first-order valence-corrected chi connectivity index (χ1v) is 7.66. The summed E-state index contributed by atoms with van der Waals surface area (Å²) in [7, 11) is 3.33. The quantitative estimate of drug-likeness (QED) is 0.897. The molecule has 4 nitrogen and oxygen atoms in total. The Hall–Kier alpha value is -1.26. The summed E-state index contributed by atoms with van der Waals surface area (Å²) in [4.78, 5) is 12.2. The lowest BCUT2D eigenvalue weighted by Crippen LogP contribution is -2.24. The lowest BCUT2D eigenvalue weighted by molar-refractivity contribution is -0.117. The van der Waals surface area contributed by atoms with Gasteiger partial charge >= 0.3 is 0 Å². The summed E-state index contributed by atoms with van der Waals surface area (Å²) in [5.41, 5.74) is 0.626. The van der Waals surface area contributed by atoms with Crippen molar-refractivity contribution in [3.8, 4) is 5.75 Å². The molecule has 0 unspecified atom stereocenters. The number of carbonyl (C=O) groups excluding carboxylic acids is 1. The Labute approximate surface area is 130 Å². The number of rotatable bonds is 5. The maximum absolute atomic E-state index is 12.2. The summed E-state index contributed by atoms with van der Waals surface area (Å²) in [5.74, 6) is 1.06. The van der Waals surface area contributed by atoms with Crippen molar-refractivity contribution in [3.05, 3.63) is 23.2 Å². The van der Waals surface area contributed by atoms with Gasteiger partial charge in [-0.3, -0.25) is 4.79 Å². The van der Waals surface area contributed by atoms with E-state index in [9.17, 15) is 4.79 Å². The molecule has 1 N–H and O–H groups in total. The Morgan fingerprint density at radius 2 is 2.00 bits per heavy atom. The molecule has 1 saturated carbocycles. The largest absolute Gasteiger partial charge is 0.495 e. The van der Waals surface area contributed by atoms with E-state index in [4.69, 9.17) is 21.1 Å². The van der Waals surface area contributed by atoms with Gasteiger partial charge in [-0.05, 0) is 49.8 Å². The normalized spacial score (nSPS) is 21.9. The van der Waals surface area contributed by atoms with Crippen LogP contribution in [0.15, 0.2) is 18.2 Å². The molecular weight excluding hydrogens is 290 g/mol. The first kappa shape index (κ1) is 16.1. The molecule has 0 aromatic heterocycles. The Morgan fingerprint density at radius 3 is 2.62 bits per heavy atom. The first-order valence-electron chi connectivity index (χ1n) is 7.28. The number of hydrogen-bond donors (Lipinski definition) is 1. The van der Waals surface area contributed by atoms with Crippen molar-refractivity contribution in [2.24, 2.45) is 5.92 Å². The minimum absolute atomic E-state index is 0.0106. The molecule has 0 radical (unpaired) electrons. The van der Waals surface area contributed by atoms with Gasteiger partial charge in [0.05, 0.1) is 18.9 Å². The van der Waals surface area contributed by atoms with Gasteiger partial charge in [0.25, 0.3) is 0 Å². The second-order valence-corrected chi connectivity index (χ2v) is 5.91. The molecule has 1 aliphatic carbocycles. The second-order valence-electron chi connectivity index (χ2n) is 5.48. The first-order chi connectivity index (χ1) is 10.1. The molecule has 116 valence electrons. The number of ether oxygens (including phenoxy) is 2. The van der Waals surface area contributed by atoms with Crippen molar-refractivity contribution in [3.63, 3.8) is 0 Å². The fraction of sp³-hybridized carbons (Fsp3) is 0.562. The standard InChI is InChI=1S/C16H22ClNO3/c1-20-13-6-3-11(4-7-13)9-16(19)18-14-10-12(17)5-8-15(14)21-2/h5,8,10-11,13H,3-4,6-7,9H2,1-2H3,(H,18,19). The molecule has 5 heteroatoms. The molecule has 0 saturated heterocycles. The predicted octanol–water partition coefficient (Wildman–Crippen LogP) is 3.88. The van der Waals surface area contributed by atoms with Gasteiger partial charge < -0.3 is 14.8 Å². The zero-order valence-corrected chi connectivity index (χ0v) is 13.3. The lowest BCUT2D eigenvalue weighted by atomic mass is 9.85. The SMILES string of the molecule is COc1ccc(Cl)cc1NC(=O)CC1CCC(OC)CC1. The predicted molar refractivity (Wildman–Crippen MR) is 84.0 cm³/mol. The van der Waals surface area contributed by atoms with Crippen molar-refractivity contribution < 1.29 is 14.3 Å². The third-order valence-electron chi connectivity index (χ3n) is 4.04. The molecule has 1 amide bonds. The zero-order valence-electron chi connectivity index (χ0n) is 12.5. The molecule has 0 spiro atoms. The molecule has 1 fully saturated rings. The van der Waals surface area contributed by atoms with Crippen molar-refractivity contribution in [1.29, 1.82) is 0 Å². The van der Waals surface area contributed by atoms with E-state index in [1.54, 1.807) is 32.4 Å². The number of anilines is 1. The summed E-state index contributed by atoms with van der Waals surface area (Å²) in [6, 6.07) is 5.20. The van der Waals surface area contributed by atoms with E-state index in [0.29, 0.717) is 34.9 Å².